The lowest BCUT2D eigenvalue weighted by Gasteiger charge is -2.27. The van der Waals surface area contributed by atoms with Crippen molar-refractivity contribution >= 4 is 29.6 Å². The molecule has 32 heavy (non-hydrogen) atoms. The van der Waals surface area contributed by atoms with Gasteiger partial charge in [0.05, 0.1) is 12.3 Å². The van der Waals surface area contributed by atoms with Gasteiger partial charge in [0.25, 0.3) is 11.8 Å². The Balaban J connectivity index is 1.77. The number of nitrogens with one attached hydrogen (secondary N) is 1. The summed E-state index contributed by atoms with van der Waals surface area (Å²) < 4.78 is 7.62. The van der Waals surface area contributed by atoms with Crippen molar-refractivity contribution in [3.8, 4) is 11.4 Å². The Morgan fingerprint density at radius 2 is 1.66 bits per heavy atom. The van der Waals surface area contributed by atoms with Crippen LogP contribution in [0.2, 0.25) is 0 Å². The average Bonchev–Trinajstić information content (AvgIpc) is 3.06. The third-order valence-electron chi connectivity index (χ3n) is 5.29. The third-order valence-corrected chi connectivity index (χ3v) is 5.29. The van der Waals surface area contributed by atoms with Gasteiger partial charge in [-0.1, -0.05) is 30.3 Å². The van der Waals surface area contributed by atoms with Crippen LogP contribution in [0, 0.1) is 13.8 Å². The van der Waals surface area contributed by atoms with E-state index in [-0.39, 0.29) is 11.3 Å². The standard InChI is InChI=1S/C25H23N3O4/c1-4-32-22-13-9-8-12-21(22)28-24(30)20(23(29)26-25(28)31)15-18-14-16(2)27(17(18)3)19-10-6-5-7-11-19/h5-15H,4H2,1-3H3,(H,26,29,31)/b20-15-. The largest absolute Gasteiger partial charge is 0.492 e. The zero-order chi connectivity index (χ0) is 22.8. The number of amides is 4. The minimum atomic E-state index is -0.806. The smallest absolute Gasteiger partial charge is 0.336 e. The number of imide groups is 2. The van der Waals surface area contributed by atoms with Crippen molar-refractivity contribution in [1.29, 1.82) is 0 Å². The van der Waals surface area contributed by atoms with Crippen LogP contribution >= 0.6 is 0 Å². The van der Waals surface area contributed by atoms with Gasteiger partial charge in [-0.3, -0.25) is 14.9 Å². The summed E-state index contributed by atoms with van der Waals surface area (Å²) in [5.41, 5.74) is 3.69. The highest BCUT2D eigenvalue weighted by atomic mass is 16.5. The van der Waals surface area contributed by atoms with E-state index < -0.39 is 17.8 Å². The van der Waals surface area contributed by atoms with E-state index >= 15 is 0 Å². The molecule has 7 nitrogen and oxygen atoms in total. The van der Waals surface area contributed by atoms with Gasteiger partial charge >= 0.3 is 6.03 Å². The van der Waals surface area contributed by atoms with E-state index in [1.54, 1.807) is 24.3 Å². The van der Waals surface area contributed by atoms with E-state index in [2.05, 4.69) is 5.32 Å². The van der Waals surface area contributed by atoms with E-state index in [1.165, 1.54) is 6.08 Å². The number of aryl methyl sites for hydroxylation is 1. The average molecular weight is 429 g/mol. The quantitative estimate of drug-likeness (QED) is 0.488. The van der Waals surface area contributed by atoms with Crippen LogP contribution in [0.25, 0.3) is 11.8 Å². The summed E-state index contributed by atoms with van der Waals surface area (Å²) in [4.78, 5) is 39.4. The summed E-state index contributed by atoms with van der Waals surface area (Å²) in [5.74, 6) is -1.04. The van der Waals surface area contributed by atoms with Crippen molar-refractivity contribution in [2.45, 2.75) is 20.8 Å². The molecule has 0 aliphatic carbocycles. The first-order valence-corrected chi connectivity index (χ1v) is 10.3. The predicted molar refractivity (Wildman–Crippen MR) is 122 cm³/mol. The summed E-state index contributed by atoms with van der Waals surface area (Å²) in [6.07, 6.45) is 1.53. The lowest BCUT2D eigenvalue weighted by atomic mass is 10.1. The van der Waals surface area contributed by atoms with E-state index in [1.807, 2.05) is 61.7 Å². The fourth-order valence-electron chi connectivity index (χ4n) is 3.86. The number of ether oxygens (including phenoxy) is 1. The molecule has 0 spiro atoms. The molecule has 1 aromatic heterocycles. The highest BCUT2D eigenvalue weighted by Crippen LogP contribution is 2.31. The molecule has 4 rings (SSSR count). The van der Waals surface area contributed by atoms with Crippen LogP contribution in [0.15, 0.2) is 66.2 Å². The molecule has 0 bridgehead atoms. The van der Waals surface area contributed by atoms with Crippen molar-refractivity contribution in [3.63, 3.8) is 0 Å². The monoisotopic (exact) mass is 429 g/mol. The minimum absolute atomic E-state index is 0.121. The Hall–Kier alpha value is -4.13. The summed E-state index contributed by atoms with van der Waals surface area (Å²) in [6, 6.07) is 17.6. The zero-order valence-corrected chi connectivity index (χ0v) is 18.1. The lowest BCUT2D eigenvalue weighted by molar-refractivity contribution is -0.122. The highest BCUT2D eigenvalue weighted by Gasteiger charge is 2.38. The van der Waals surface area contributed by atoms with E-state index in [0.717, 1.165) is 27.5 Å². The van der Waals surface area contributed by atoms with Crippen LogP contribution in [-0.2, 0) is 9.59 Å². The van der Waals surface area contributed by atoms with Crippen LogP contribution in [0.3, 0.4) is 0 Å². The SMILES string of the molecule is CCOc1ccccc1N1C(=O)NC(=O)/C(=C/c2cc(C)n(-c3ccccc3)c2C)C1=O. The number of para-hydroxylation sites is 3. The van der Waals surface area contributed by atoms with E-state index in [0.29, 0.717) is 12.4 Å². The van der Waals surface area contributed by atoms with Gasteiger partial charge in [0.2, 0.25) is 0 Å². The molecule has 4 amide bonds. The molecule has 1 aliphatic rings. The molecule has 1 fully saturated rings. The van der Waals surface area contributed by atoms with Crippen LogP contribution in [0.1, 0.15) is 23.9 Å². The number of barbiturate groups is 1. The topological polar surface area (TPSA) is 80.6 Å². The van der Waals surface area contributed by atoms with Crippen molar-refractivity contribution in [2.75, 3.05) is 11.5 Å². The third kappa shape index (κ3) is 3.69. The number of carbonyl (C=O) groups excluding carboxylic acids is 3. The normalized spacial score (nSPS) is 15.3. The maximum absolute atomic E-state index is 13.3. The van der Waals surface area contributed by atoms with Crippen molar-refractivity contribution in [1.82, 2.24) is 9.88 Å². The van der Waals surface area contributed by atoms with Gasteiger partial charge in [0, 0.05) is 17.1 Å². The van der Waals surface area contributed by atoms with Gasteiger partial charge in [-0.25, -0.2) is 9.69 Å². The van der Waals surface area contributed by atoms with Crippen LogP contribution in [-0.4, -0.2) is 29.0 Å². The van der Waals surface area contributed by atoms with Gasteiger partial charge in [0.15, 0.2) is 0 Å². The molecule has 0 atom stereocenters. The van der Waals surface area contributed by atoms with E-state index in [9.17, 15) is 14.4 Å². The molecule has 2 heterocycles. The van der Waals surface area contributed by atoms with E-state index in [4.69, 9.17) is 4.74 Å². The van der Waals surface area contributed by atoms with Gasteiger partial charge < -0.3 is 9.30 Å². The molecule has 0 radical (unpaired) electrons. The number of carbonyl (C=O) groups is 3. The highest BCUT2D eigenvalue weighted by molar-refractivity contribution is 6.39. The van der Waals surface area contributed by atoms with Gasteiger partial charge in [-0.15, -0.1) is 0 Å². The Labute approximate surface area is 185 Å². The molecular formula is C25H23N3O4. The molecule has 1 N–H and O–H groups in total. The summed E-state index contributed by atoms with van der Waals surface area (Å²) in [5, 5.41) is 2.27. The first kappa shape index (κ1) is 21.1. The van der Waals surface area contributed by atoms with Crippen LogP contribution in [0.5, 0.6) is 5.75 Å². The number of urea groups is 1. The van der Waals surface area contributed by atoms with Crippen molar-refractivity contribution in [3.05, 3.63) is 83.2 Å². The Morgan fingerprint density at radius 3 is 2.38 bits per heavy atom. The van der Waals surface area contributed by atoms with Crippen LogP contribution < -0.4 is 15.0 Å². The molecule has 1 saturated heterocycles. The molecule has 162 valence electrons. The minimum Gasteiger partial charge on any atom is -0.492 e. The molecular weight excluding hydrogens is 406 g/mol. The second-order valence-electron chi connectivity index (χ2n) is 7.36. The fraction of sp³-hybridized carbons (Fsp3) is 0.160. The summed E-state index contributed by atoms with van der Waals surface area (Å²) in [6.45, 7) is 6.06. The predicted octanol–water partition coefficient (Wildman–Crippen LogP) is 4.16. The molecule has 2 aromatic carbocycles. The van der Waals surface area contributed by atoms with Crippen molar-refractivity contribution < 1.29 is 19.1 Å². The Morgan fingerprint density at radius 1 is 0.969 bits per heavy atom. The maximum atomic E-state index is 13.3. The van der Waals surface area contributed by atoms with Crippen LogP contribution in [0.4, 0.5) is 10.5 Å². The second kappa shape index (κ2) is 8.55. The summed E-state index contributed by atoms with van der Waals surface area (Å²) in [7, 11) is 0. The molecule has 3 aromatic rings. The van der Waals surface area contributed by atoms with Crippen molar-refractivity contribution in [2.24, 2.45) is 0 Å². The molecule has 7 heteroatoms. The first-order valence-electron chi connectivity index (χ1n) is 10.3. The molecule has 0 saturated carbocycles. The van der Waals surface area contributed by atoms with Gasteiger partial charge in [-0.2, -0.15) is 0 Å². The number of benzene rings is 2. The fourth-order valence-corrected chi connectivity index (χ4v) is 3.86. The number of aromatic nitrogens is 1. The number of anilines is 1. The number of nitrogens with zero attached hydrogens (tertiary/aromatic N) is 2. The number of hydrogen-bond acceptors (Lipinski definition) is 4. The number of rotatable bonds is 5. The molecule has 0 unspecified atom stereocenters. The Kier molecular flexibility index (Phi) is 5.64. The first-order chi connectivity index (χ1) is 15.4. The lowest BCUT2D eigenvalue weighted by Crippen LogP contribution is -2.54. The van der Waals surface area contributed by atoms with Gasteiger partial charge in [0.1, 0.15) is 11.3 Å². The maximum Gasteiger partial charge on any atom is 0.336 e. The Bertz CT molecular complexity index is 1240. The second-order valence-corrected chi connectivity index (χ2v) is 7.36. The molecule has 1 aliphatic heterocycles. The summed E-state index contributed by atoms with van der Waals surface area (Å²) >= 11 is 0. The number of hydrogen-bond donors (Lipinski definition) is 1. The van der Waals surface area contributed by atoms with Gasteiger partial charge in [-0.05, 0) is 62.7 Å². The zero-order valence-electron chi connectivity index (χ0n) is 18.1.